The number of ether oxygens (including phenoxy) is 1. The maximum atomic E-state index is 12.6. The average Bonchev–Trinajstić information content (AvgIpc) is 2.90. The molecule has 4 rings (SSSR count). The van der Waals surface area contributed by atoms with Gasteiger partial charge in [0, 0.05) is 0 Å². The van der Waals surface area contributed by atoms with Crippen LogP contribution in [0.2, 0.25) is 0 Å². The fourth-order valence-electron chi connectivity index (χ4n) is 4.98. The molecule has 0 bridgehead atoms. The summed E-state index contributed by atoms with van der Waals surface area (Å²) < 4.78 is 5.59. The fraction of sp³-hybridized carbons (Fsp3) is 0.355. The highest BCUT2D eigenvalue weighted by Gasteiger charge is 2.22. The van der Waals surface area contributed by atoms with E-state index in [9.17, 15) is 4.79 Å². The zero-order valence-electron chi connectivity index (χ0n) is 20.0. The van der Waals surface area contributed by atoms with Crippen molar-refractivity contribution in [2.75, 3.05) is 0 Å². The van der Waals surface area contributed by atoms with Crippen LogP contribution in [-0.4, -0.2) is 5.97 Å². The van der Waals surface area contributed by atoms with Gasteiger partial charge in [0.05, 0.1) is 17.2 Å². The van der Waals surface area contributed by atoms with Crippen LogP contribution in [0.25, 0.3) is 11.1 Å². The molecule has 0 saturated heterocycles. The second kappa shape index (κ2) is 11.7. The Morgan fingerprint density at radius 3 is 2.06 bits per heavy atom. The number of hydrogen-bond donors (Lipinski definition) is 0. The van der Waals surface area contributed by atoms with Gasteiger partial charge >= 0.3 is 5.97 Å². The van der Waals surface area contributed by atoms with Crippen molar-refractivity contribution in [3.05, 3.63) is 89.5 Å². The van der Waals surface area contributed by atoms with Crippen LogP contribution in [-0.2, 0) is 0 Å². The molecule has 3 aromatic carbocycles. The minimum Gasteiger partial charge on any atom is -0.423 e. The molecule has 3 aromatic rings. The van der Waals surface area contributed by atoms with E-state index in [0.29, 0.717) is 22.8 Å². The molecule has 0 aromatic heterocycles. The van der Waals surface area contributed by atoms with Crippen molar-refractivity contribution in [3.8, 4) is 22.9 Å². The smallest absolute Gasteiger partial charge is 0.343 e. The standard InChI is InChI=1S/C31H33NO2/c1-2-3-4-5-23-6-10-25(11-7-23)27-14-16-29(17-15-27)31(33)34-30-20-18-28(19-21-30)26-12-8-24(22-32)9-13-26/h8-9,12-21,23,25H,2-7,10-11H2,1H3/t23-,25-. The topological polar surface area (TPSA) is 50.1 Å². The van der Waals surface area contributed by atoms with Gasteiger partial charge in [-0.25, -0.2) is 4.79 Å². The van der Waals surface area contributed by atoms with Crippen LogP contribution in [0, 0.1) is 17.2 Å². The maximum absolute atomic E-state index is 12.6. The van der Waals surface area contributed by atoms with Gasteiger partial charge in [-0.3, -0.25) is 0 Å². The first-order valence-electron chi connectivity index (χ1n) is 12.6. The van der Waals surface area contributed by atoms with Gasteiger partial charge < -0.3 is 4.74 Å². The summed E-state index contributed by atoms with van der Waals surface area (Å²) in [6, 6.07) is 25.0. The minimum absolute atomic E-state index is 0.336. The number of benzene rings is 3. The number of carbonyl (C=O) groups excluding carboxylic acids is 1. The molecule has 0 unspecified atom stereocenters. The monoisotopic (exact) mass is 451 g/mol. The Morgan fingerprint density at radius 1 is 0.853 bits per heavy atom. The summed E-state index contributed by atoms with van der Waals surface area (Å²) in [7, 11) is 0. The summed E-state index contributed by atoms with van der Waals surface area (Å²) in [5.41, 5.74) is 4.58. The Bertz CT molecular complexity index is 1100. The molecule has 0 amide bonds. The van der Waals surface area contributed by atoms with E-state index in [1.165, 1.54) is 56.9 Å². The van der Waals surface area contributed by atoms with E-state index in [-0.39, 0.29) is 5.97 Å². The van der Waals surface area contributed by atoms with Gasteiger partial charge in [-0.1, -0.05) is 69.0 Å². The van der Waals surface area contributed by atoms with E-state index in [1.54, 1.807) is 24.3 Å². The number of nitrogens with zero attached hydrogens (tertiary/aromatic N) is 1. The lowest BCUT2D eigenvalue weighted by Crippen LogP contribution is -2.14. The second-order valence-corrected chi connectivity index (χ2v) is 9.44. The second-order valence-electron chi connectivity index (χ2n) is 9.44. The van der Waals surface area contributed by atoms with Crippen molar-refractivity contribution in [3.63, 3.8) is 0 Å². The number of hydrogen-bond acceptors (Lipinski definition) is 3. The molecule has 34 heavy (non-hydrogen) atoms. The summed E-state index contributed by atoms with van der Waals surface area (Å²) >= 11 is 0. The Kier molecular flexibility index (Phi) is 8.15. The third-order valence-electron chi connectivity index (χ3n) is 7.09. The van der Waals surface area contributed by atoms with E-state index in [2.05, 4.69) is 25.1 Å². The molecule has 0 radical (unpaired) electrons. The number of esters is 1. The van der Waals surface area contributed by atoms with Crippen LogP contribution in [0.5, 0.6) is 5.75 Å². The molecule has 0 heterocycles. The molecule has 0 atom stereocenters. The van der Waals surface area contributed by atoms with Gasteiger partial charge in [0.15, 0.2) is 0 Å². The quantitative estimate of drug-likeness (QED) is 0.197. The van der Waals surface area contributed by atoms with Gasteiger partial charge in [0.25, 0.3) is 0 Å². The summed E-state index contributed by atoms with van der Waals surface area (Å²) in [4.78, 5) is 12.6. The molecule has 1 saturated carbocycles. The molecule has 174 valence electrons. The zero-order chi connectivity index (χ0) is 23.8. The largest absolute Gasteiger partial charge is 0.423 e. The lowest BCUT2D eigenvalue weighted by atomic mass is 9.77. The summed E-state index contributed by atoms with van der Waals surface area (Å²) in [5.74, 6) is 1.70. The third kappa shape index (κ3) is 6.14. The van der Waals surface area contributed by atoms with Crippen LogP contribution in [0.4, 0.5) is 0 Å². The predicted molar refractivity (Wildman–Crippen MR) is 137 cm³/mol. The SMILES string of the molecule is CCCCC[C@H]1CC[C@H](c2ccc(C(=O)Oc3ccc(-c4ccc(C#N)cc4)cc3)cc2)CC1. The highest BCUT2D eigenvalue weighted by atomic mass is 16.5. The molecule has 0 aliphatic heterocycles. The van der Waals surface area contributed by atoms with Gasteiger partial charge in [-0.2, -0.15) is 5.26 Å². The van der Waals surface area contributed by atoms with E-state index >= 15 is 0 Å². The van der Waals surface area contributed by atoms with Gasteiger partial charge in [-0.05, 0) is 90.6 Å². The Morgan fingerprint density at radius 2 is 1.47 bits per heavy atom. The third-order valence-corrected chi connectivity index (χ3v) is 7.09. The highest BCUT2D eigenvalue weighted by molar-refractivity contribution is 5.91. The maximum Gasteiger partial charge on any atom is 0.343 e. The van der Waals surface area contributed by atoms with E-state index in [1.807, 2.05) is 36.4 Å². The molecule has 1 fully saturated rings. The molecular formula is C31H33NO2. The molecule has 1 aliphatic rings. The molecule has 3 nitrogen and oxygen atoms in total. The van der Waals surface area contributed by atoms with Crippen LogP contribution in [0.15, 0.2) is 72.8 Å². The average molecular weight is 452 g/mol. The Balaban J connectivity index is 1.30. The normalized spacial score (nSPS) is 17.6. The number of nitriles is 1. The van der Waals surface area contributed by atoms with Crippen molar-refractivity contribution in [1.82, 2.24) is 0 Å². The van der Waals surface area contributed by atoms with Crippen molar-refractivity contribution in [2.45, 2.75) is 64.2 Å². The summed E-state index contributed by atoms with van der Waals surface area (Å²) in [6.07, 6.45) is 10.6. The molecule has 0 spiro atoms. The number of carbonyl (C=O) groups is 1. The lowest BCUT2D eigenvalue weighted by Gasteiger charge is -2.29. The van der Waals surface area contributed by atoms with Crippen LogP contribution >= 0.6 is 0 Å². The summed E-state index contributed by atoms with van der Waals surface area (Å²) in [6.45, 7) is 2.27. The predicted octanol–water partition coefficient (Wildman–Crippen LogP) is 8.30. The Hall–Kier alpha value is -3.38. The molecule has 3 heteroatoms. The van der Waals surface area contributed by atoms with E-state index in [4.69, 9.17) is 10.00 Å². The van der Waals surface area contributed by atoms with Crippen LogP contribution in [0.1, 0.15) is 85.7 Å². The van der Waals surface area contributed by atoms with E-state index in [0.717, 1.165) is 17.0 Å². The molecular weight excluding hydrogens is 418 g/mol. The number of unbranched alkanes of at least 4 members (excludes halogenated alkanes) is 2. The zero-order valence-corrected chi connectivity index (χ0v) is 20.0. The van der Waals surface area contributed by atoms with Crippen molar-refractivity contribution >= 4 is 5.97 Å². The molecule has 0 N–H and O–H groups in total. The Labute approximate surface area is 203 Å². The minimum atomic E-state index is -0.336. The highest BCUT2D eigenvalue weighted by Crippen LogP contribution is 2.37. The van der Waals surface area contributed by atoms with Gasteiger partial charge in [-0.15, -0.1) is 0 Å². The summed E-state index contributed by atoms with van der Waals surface area (Å²) in [5, 5.41) is 8.94. The van der Waals surface area contributed by atoms with E-state index < -0.39 is 0 Å². The van der Waals surface area contributed by atoms with Crippen molar-refractivity contribution in [2.24, 2.45) is 5.92 Å². The first-order valence-corrected chi connectivity index (χ1v) is 12.6. The number of rotatable bonds is 8. The van der Waals surface area contributed by atoms with Gasteiger partial charge in [0.2, 0.25) is 0 Å². The first-order chi connectivity index (χ1) is 16.7. The fourth-order valence-corrected chi connectivity index (χ4v) is 4.98. The van der Waals surface area contributed by atoms with Crippen LogP contribution in [0.3, 0.4) is 0 Å². The lowest BCUT2D eigenvalue weighted by molar-refractivity contribution is 0.0734. The van der Waals surface area contributed by atoms with Crippen molar-refractivity contribution in [1.29, 1.82) is 5.26 Å². The van der Waals surface area contributed by atoms with Crippen molar-refractivity contribution < 1.29 is 9.53 Å². The first kappa shape index (κ1) is 23.8. The molecule has 1 aliphatic carbocycles. The van der Waals surface area contributed by atoms with Gasteiger partial charge in [0.1, 0.15) is 5.75 Å². The van der Waals surface area contributed by atoms with Crippen LogP contribution < -0.4 is 4.74 Å².